The van der Waals surface area contributed by atoms with Gasteiger partial charge in [0.05, 0.1) is 11.8 Å². The number of anilines is 1. The van der Waals surface area contributed by atoms with Crippen LogP contribution in [0.2, 0.25) is 0 Å². The molecule has 1 saturated heterocycles. The summed E-state index contributed by atoms with van der Waals surface area (Å²) in [6, 6.07) is 11.1. The van der Waals surface area contributed by atoms with E-state index in [1.54, 1.807) is 0 Å². The first kappa shape index (κ1) is 20.7. The quantitative estimate of drug-likeness (QED) is 0.569. The summed E-state index contributed by atoms with van der Waals surface area (Å²) in [7, 11) is 0. The van der Waals surface area contributed by atoms with E-state index in [1.807, 2.05) is 41.3 Å². The van der Waals surface area contributed by atoms with Gasteiger partial charge in [-0.1, -0.05) is 30.3 Å². The Bertz CT molecular complexity index is 1040. The van der Waals surface area contributed by atoms with Crippen LogP contribution in [-0.2, 0) is 16.0 Å². The van der Waals surface area contributed by atoms with E-state index in [1.165, 1.54) is 0 Å². The zero-order chi connectivity index (χ0) is 19.7. The Balaban J connectivity index is 0.00000240. The Morgan fingerprint density at radius 1 is 1.24 bits per heavy atom. The maximum atomic E-state index is 11.9. The minimum atomic E-state index is -0.858. The molecule has 3 heterocycles. The number of nitrogens with two attached hydrogens (primary N) is 1. The second-order valence-electron chi connectivity index (χ2n) is 6.94. The van der Waals surface area contributed by atoms with E-state index in [0.29, 0.717) is 36.7 Å². The van der Waals surface area contributed by atoms with Crippen LogP contribution in [0.25, 0.3) is 22.4 Å². The highest BCUT2D eigenvalue weighted by Gasteiger charge is 2.32. The lowest BCUT2D eigenvalue weighted by molar-refractivity contribution is -0.137. The number of carboxylic acid groups (broad SMARTS) is 1. The fraction of sp³-hybridized carbons (Fsp3) is 0.300. The second-order valence-corrected chi connectivity index (χ2v) is 6.94. The molecule has 2 aromatic heterocycles. The number of amides is 1. The number of carbonyl (C=O) groups excluding carboxylic acids is 1. The number of H-pyrrole nitrogens is 1. The number of aliphatic carboxylic acids is 1. The molecule has 4 N–H and O–H groups in total. The molecule has 0 radical (unpaired) electrons. The van der Waals surface area contributed by atoms with Crippen LogP contribution < -0.4 is 10.6 Å². The minimum Gasteiger partial charge on any atom is -0.481 e. The summed E-state index contributed by atoms with van der Waals surface area (Å²) in [5.41, 5.74) is 7.87. The van der Waals surface area contributed by atoms with Gasteiger partial charge in [-0.25, -0.2) is 9.97 Å². The number of hydrogen-bond acceptors (Lipinski definition) is 5. The Kier molecular flexibility index (Phi) is 6.07. The SMILES string of the molecule is NC(=O)C1CCCN1c1nc(-c2ccccc2)nc2[nH]c(CCC(=O)O)cc12.S. The van der Waals surface area contributed by atoms with Crippen LogP contribution in [0.3, 0.4) is 0 Å². The number of benzene rings is 1. The first-order valence-electron chi connectivity index (χ1n) is 9.26. The van der Waals surface area contributed by atoms with Crippen LogP contribution in [0.4, 0.5) is 5.82 Å². The molecule has 0 aliphatic carbocycles. The number of nitrogens with zero attached hydrogens (tertiary/aromatic N) is 3. The van der Waals surface area contributed by atoms with Gasteiger partial charge in [-0.15, -0.1) is 0 Å². The summed E-state index contributed by atoms with van der Waals surface area (Å²) >= 11 is 0. The van der Waals surface area contributed by atoms with Gasteiger partial charge in [0.15, 0.2) is 5.82 Å². The summed E-state index contributed by atoms with van der Waals surface area (Å²) in [5.74, 6) is -0.0248. The van der Waals surface area contributed by atoms with Gasteiger partial charge in [0.25, 0.3) is 0 Å². The average Bonchev–Trinajstić information content (AvgIpc) is 3.33. The van der Waals surface area contributed by atoms with Gasteiger partial charge in [0.2, 0.25) is 5.91 Å². The van der Waals surface area contributed by atoms with Crippen molar-refractivity contribution in [3.05, 3.63) is 42.1 Å². The van der Waals surface area contributed by atoms with Crippen molar-refractivity contribution in [3.8, 4) is 11.4 Å². The fourth-order valence-electron chi connectivity index (χ4n) is 3.68. The summed E-state index contributed by atoms with van der Waals surface area (Å²) in [4.78, 5) is 37.4. The lowest BCUT2D eigenvalue weighted by Crippen LogP contribution is -2.40. The molecule has 1 aliphatic rings. The number of carbonyl (C=O) groups is 2. The predicted molar refractivity (Wildman–Crippen MR) is 115 cm³/mol. The standard InChI is InChI=1S/C20H21N5O3.H2S/c21-17(28)15-7-4-10-25(15)20-14-11-13(8-9-16(26)27)22-19(14)23-18(24-20)12-5-2-1-3-6-12;/h1-3,5-6,11,15H,4,7-10H2,(H2,21,28)(H,26,27)(H,22,23,24);1H2. The number of aromatic amines is 1. The number of aryl methyl sites for hydroxylation is 1. The molecule has 1 atom stereocenters. The van der Waals surface area contributed by atoms with Crippen molar-refractivity contribution in [3.63, 3.8) is 0 Å². The molecule has 1 aromatic carbocycles. The number of primary amides is 1. The molecule has 8 nitrogen and oxygen atoms in total. The van der Waals surface area contributed by atoms with E-state index in [9.17, 15) is 9.59 Å². The van der Waals surface area contributed by atoms with Crippen LogP contribution in [0.15, 0.2) is 36.4 Å². The van der Waals surface area contributed by atoms with E-state index in [2.05, 4.69) is 9.97 Å². The summed E-state index contributed by atoms with van der Waals surface area (Å²) in [5, 5.41) is 9.74. The normalized spacial score (nSPS) is 16.0. The second kappa shape index (κ2) is 8.52. The number of aromatic nitrogens is 3. The third-order valence-corrected chi connectivity index (χ3v) is 5.02. The van der Waals surface area contributed by atoms with E-state index in [4.69, 9.17) is 15.8 Å². The lowest BCUT2D eigenvalue weighted by atomic mass is 10.2. The molecule has 29 heavy (non-hydrogen) atoms. The van der Waals surface area contributed by atoms with Gasteiger partial charge in [-0.3, -0.25) is 9.59 Å². The Morgan fingerprint density at radius 2 is 2.00 bits per heavy atom. The summed E-state index contributed by atoms with van der Waals surface area (Å²) < 4.78 is 0. The largest absolute Gasteiger partial charge is 0.481 e. The number of fused-ring (bicyclic) bond motifs is 1. The molecule has 1 amide bonds. The molecule has 1 unspecified atom stereocenters. The molecule has 1 fully saturated rings. The van der Waals surface area contributed by atoms with Gasteiger partial charge in [0, 0.05) is 17.8 Å². The Morgan fingerprint density at radius 3 is 2.69 bits per heavy atom. The van der Waals surface area contributed by atoms with Crippen molar-refractivity contribution in [2.45, 2.75) is 31.7 Å². The molecule has 0 saturated carbocycles. The van der Waals surface area contributed by atoms with Crippen molar-refractivity contribution in [1.29, 1.82) is 0 Å². The third-order valence-electron chi connectivity index (χ3n) is 5.02. The Labute approximate surface area is 174 Å². The molecule has 0 spiro atoms. The molecular weight excluding hydrogens is 390 g/mol. The van der Waals surface area contributed by atoms with Gasteiger partial charge >= 0.3 is 5.97 Å². The minimum absolute atomic E-state index is 0. The zero-order valence-electron chi connectivity index (χ0n) is 15.8. The molecule has 0 bridgehead atoms. The Hall–Kier alpha value is -3.07. The number of carboxylic acids is 1. The summed E-state index contributed by atoms with van der Waals surface area (Å²) in [6.45, 7) is 0.684. The van der Waals surface area contributed by atoms with Crippen molar-refractivity contribution < 1.29 is 14.7 Å². The molecule has 1 aliphatic heterocycles. The van der Waals surface area contributed by atoms with Crippen LogP contribution in [0, 0.1) is 0 Å². The monoisotopic (exact) mass is 413 g/mol. The van der Waals surface area contributed by atoms with E-state index in [0.717, 1.165) is 23.1 Å². The van der Waals surface area contributed by atoms with Crippen molar-refractivity contribution in [2.24, 2.45) is 5.73 Å². The smallest absolute Gasteiger partial charge is 0.303 e. The average molecular weight is 414 g/mol. The van der Waals surface area contributed by atoms with Gasteiger partial charge in [-0.05, 0) is 25.3 Å². The molecular formula is C20H23N5O3S. The fourth-order valence-corrected chi connectivity index (χ4v) is 3.68. The topological polar surface area (TPSA) is 125 Å². The van der Waals surface area contributed by atoms with Crippen LogP contribution in [-0.4, -0.2) is 44.5 Å². The molecule has 9 heteroatoms. The van der Waals surface area contributed by atoms with Crippen molar-refractivity contribution in [1.82, 2.24) is 15.0 Å². The van der Waals surface area contributed by atoms with Crippen molar-refractivity contribution >= 4 is 42.2 Å². The molecule has 4 rings (SSSR count). The zero-order valence-corrected chi connectivity index (χ0v) is 16.8. The summed E-state index contributed by atoms with van der Waals surface area (Å²) in [6.07, 6.45) is 1.94. The lowest BCUT2D eigenvalue weighted by Gasteiger charge is -2.24. The van der Waals surface area contributed by atoms with Gasteiger partial charge in [-0.2, -0.15) is 13.5 Å². The van der Waals surface area contributed by atoms with Crippen LogP contribution >= 0.6 is 13.5 Å². The van der Waals surface area contributed by atoms with Crippen molar-refractivity contribution in [2.75, 3.05) is 11.4 Å². The maximum absolute atomic E-state index is 11.9. The molecule has 152 valence electrons. The van der Waals surface area contributed by atoms with Crippen LogP contribution in [0.5, 0.6) is 0 Å². The van der Waals surface area contributed by atoms with Gasteiger partial charge in [0.1, 0.15) is 17.5 Å². The van der Waals surface area contributed by atoms with E-state index in [-0.39, 0.29) is 25.8 Å². The predicted octanol–water partition coefficient (Wildman–Crippen LogP) is 2.21. The highest BCUT2D eigenvalue weighted by Crippen LogP contribution is 2.33. The third kappa shape index (κ3) is 4.19. The van der Waals surface area contributed by atoms with Crippen LogP contribution in [0.1, 0.15) is 25.0 Å². The number of hydrogen-bond donors (Lipinski definition) is 3. The highest BCUT2D eigenvalue weighted by molar-refractivity contribution is 7.59. The maximum Gasteiger partial charge on any atom is 0.303 e. The first-order valence-corrected chi connectivity index (χ1v) is 9.26. The molecule has 3 aromatic rings. The van der Waals surface area contributed by atoms with E-state index < -0.39 is 12.0 Å². The highest BCUT2D eigenvalue weighted by atomic mass is 32.1. The van der Waals surface area contributed by atoms with E-state index >= 15 is 0 Å². The number of nitrogens with one attached hydrogen (secondary N) is 1. The first-order chi connectivity index (χ1) is 13.5. The number of rotatable bonds is 6. The van der Waals surface area contributed by atoms with Gasteiger partial charge < -0.3 is 20.7 Å².